The predicted octanol–water partition coefficient (Wildman–Crippen LogP) is 4.15. The molecule has 100 valence electrons. The normalized spacial score (nSPS) is 24.1. The molecular weight excluding hydrogens is 240 g/mol. The van der Waals surface area contributed by atoms with E-state index in [1.807, 2.05) is 6.07 Å². The van der Waals surface area contributed by atoms with Crippen molar-refractivity contribution in [2.24, 2.45) is 0 Å². The largest absolute Gasteiger partial charge is 0.414 e. The first-order chi connectivity index (χ1) is 8.31. The van der Waals surface area contributed by atoms with Gasteiger partial charge in [0.2, 0.25) is 0 Å². The third-order valence-electron chi connectivity index (χ3n) is 4.13. The Balaban J connectivity index is 1.85. The van der Waals surface area contributed by atoms with Crippen LogP contribution in [-0.2, 0) is 9.16 Å². The lowest BCUT2D eigenvalue weighted by Gasteiger charge is -2.36. The third kappa shape index (κ3) is 3.02. The van der Waals surface area contributed by atoms with Gasteiger partial charge in [0.1, 0.15) is 12.2 Å². The van der Waals surface area contributed by atoms with Crippen LogP contribution in [0.3, 0.4) is 0 Å². The second kappa shape index (κ2) is 4.80. The molecule has 3 heteroatoms. The summed E-state index contributed by atoms with van der Waals surface area (Å²) >= 11 is 0. The van der Waals surface area contributed by atoms with Gasteiger partial charge in [-0.05, 0) is 23.7 Å². The second-order valence-corrected chi connectivity index (χ2v) is 11.4. The molecule has 0 radical (unpaired) electrons. The number of benzene rings is 1. The average Bonchev–Trinajstić information content (AvgIpc) is 3.06. The van der Waals surface area contributed by atoms with E-state index in [4.69, 9.17) is 9.16 Å². The second-order valence-electron chi connectivity index (χ2n) is 6.58. The zero-order valence-corrected chi connectivity index (χ0v) is 13.1. The lowest BCUT2D eigenvalue weighted by Crippen LogP contribution is -2.41. The summed E-state index contributed by atoms with van der Waals surface area (Å²) in [5, 5.41) is 0.268. The van der Waals surface area contributed by atoms with Crippen molar-refractivity contribution < 1.29 is 9.16 Å². The number of epoxide rings is 1. The summed E-state index contributed by atoms with van der Waals surface area (Å²) in [4.78, 5) is 0. The van der Waals surface area contributed by atoms with Crippen molar-refractivity contribution in [1.82, 2.24) is 0 Å². The molecule has 0 saturated carbocycles. The SMILES string of the molecule is CC(C)(C)[Si](C)(C)OC[C@@H]1O[C@H]1c1ccccc1. The quantitative estimate of drug-likeness (QED) is 0.602. The minimum atomic E-state index is -1.64. The van der Waals surface area contributed by atoms with Crippen LogP contribution >= 0.6 is 0 Å². The van der Waals surface area contributed by atoms with Gasteiger partial charge >= 0.3 is 0 Å². The number of hydrogen-bond donors (Lipinski definition) is 0. The van der Waals surface area contributed by atoms with Crippen molar-refractivity contribution in [2.75, 3.05) is 6.61 Å². The molecule has 2 rings (SSSR count). The molecule has 1 heterocycles. The van der Waals surface area contributed by atoms with Gasteiger partial charge in [-0.1, -0.05) is 51.1 Å². The number of rotatable bonds is 4. The molecule has 2 atom stereocenters. The standard InChI is InChI=1S/C15H24O2Si/c1-15(2,3)18(4,5)16-11-13-14(17-13)12-9-7-6-8-10-12/h6-10,13-14H,11H2,1-5H3/t13-,14-/m0/s1. The van der Waals surface area contributed by atoms with Crippen LogP contribution in [-0.4, -0.2) is 21.0 Å². The van der Waals surface area contributed by atoms with E-state index in [1.54, 1.807) is 0 Å². The Morgan fingerprint density at radius 3 is 2.33 bits per heavy atom. The minimum absolute atomic E-state index is 0.246. The molecule has 0 N–H and O–H groups in total. The lowest BCUT2D eigenvalue weighted by molar-refractivity contribution is 0.242. The van der Waals surface area contributed by atoms with Crippen molar-refractivity contribution in [3.05, 3.63) is 35.9 Å². The molecule has 1 saturated heterocycles. The summed E-state index contributed by atoms with van der Waals surface area (Å²) in [6, 6.07) is 10.4. The van der Waals surface area contributed by atoms with Gasteiger partial charge in [0.15, 0.2) is 8.32 Å². The van der Waals surface area contributed by atoms with E-state index in [2.05, 4.69) is 58.1 Å². The van der Waals surface area contributed by atoms with E-state index in [0.29, 0.717) is 0 Å². The maximum absolute atomic E-state index is 6.18. The maximum Gasteiger partial charge on any atom is 0.192 e. The molecule has 18 heavy (non-hydrogen) atoms. The number of ether oxygens (including phenoxy) is 1. The van der Waals surface area contributed by atoms with Gasteiger partial charge < -0.3 is 9.16 Å². The fourth-order valence-corrected chi connectivity index (χ4v) is 2.73. The van der Waals surface area contributed by atoms with Gasteiger partial charge in [0.25, 0.3) is 0 Å². The van der Waals surface area contributed by atoms with Crippen LogP contribution in [0.4, 0.5) is 0 Å². The smallest absolute Gasteiger partial charge is 0.192 e. The highest BCUT2D eigenvalue weighted by atomic mass is 28.4. The van der Waals surface area contributed by atoms with Crippen molar-refractivity contribution in [2.45, 2.75) is 51.1 Å². The summed E-state index contributed by atoms with van der Waals surface area (Å²) in [7, 11) is -1.64. The molecule has 0 bridgehead atoms. The van der Waals surface area contributed by atoms with Crippen LogP contribution < -0.4 is 0 Å². The van der Waals surface area contributed by atoms with E-state index in [0.717, 1.165) is 6.61 Å². The molecule has 1 aliphatic heterocycles. The molecule has 1 aliphatic rings. The molecule has 0 aliphatic carbocycles. The van der Waals surface area contributed by atoms with Crippen LogP contribution in [0.25, 0.3) is 0 Å². The Kier molecular flexibility index (Phi) is 3.67. The molecule has 0 amide bonds. The highest BCUT2D eigenvalue weighted by Crippen LogP contribution is 2.41. The summed E-state index contributed by atoms with van der Waals surface area (Å²) in [6.45, 7) is 12.1. The fraction of sp³-hybridized carbons (Fsp3) is 0.600. The van der Waals surface area contributed by atoms with Crippen LogP contribution in [0.15, 0.2) is 30.3 Å². The van der Waals surface area contributed by atoms with Gasteiger partial charge in [-0.3, -0.25) is 0 Å². The Morgan fingerprint density at radius 1 is 1.17 bits per heavy atom. The van der Waals surface area contributed by atoms with Crippen molar-refractivity contribution in [1.29, 1.82) is 0 Å². The summed E-state index contributed by atoms with van der Waals surface area (Å²) < 4.78 is 11.9. The molecular formula is C15H24O2Si. The first-order valence-electron chi connectivity index (χ1n) is 6.66. The summed E-state index contributed by atoms with van der Waals surface area (Å²) in [5.41, 5.74) is 1.27. The highest BCUT2D eigenvalue weighted by Gasteiger charge is 2.44. The van der Waals surface area contributed by atoms with Gasteiger partial charge in [0, 0.05) is 0 Å². The van der Waals surface area contributed by atoms with Gasteiger partial charge in [-0.25, -0.2) is 0 Å². The minimum Gasteiger partial charge on any atom is -0.414 e. The first-order valence-corrected chi connectivity index (χ1v) is 9.56. The maximum atomic E-state index is 6.18. The van der Waals surface area contributed by atoms with Gasteiger partial charge in [-0.15, -0.1) is 0 Å². The topological polar surface area (TPSA) is 21.8 Å². The average molecular weight is 264 g/mol. The van der Waals surface area contributed by atoms with Crippen LogP contribution in [0.1, 0.15) is 32.4 Å². The van der Waals surface area contributed by atoms with Crippen LogP contribution in [0, 0.1) is 0 Å². The van der Waals surface area contributed by atoms with Gasteiger partial charge in [0.05, 0.1) is 6.61 Å². The Bertz CT molecular complexity index is 395. The summed E-state index contributed by atoms with van der Waals surface area (Å²) in [6.07, 6.45) is 0.498. The van der Waals surface area contributed by atoms with E-state index >= 15 is 0 Å². The molecule has 0 spiro atoms. The van der Waals surface area contributed by atoms with Crippen molar-refractivity contribution in [3.8, 4) is 0 Å². The van der Waals surface area contributed by atoms with Crippen LogP contribution in [0.2, 0.25) is 18.1 Å². The molecule has 1 fully saturated rings. The van der Waals surface area contributed by atoms with E-state index in [-0.39, 0.29) is 17.2 Å². The highest BCUT2D eigenvalue weighted by molar-refractivity contribution is 6.74. The predicted molar refractivity (Wildman–Crippen MR) is 77.2 cm³/mol. The Labute approximate surface area is 111 Å². The Hall–Kier alpha value is -0.643. The zero-order valence-electron chi connectivity index (χ0n) is 12.1. The van der Waals surface area contributed by atoms with E-state index in [9.17, 15) is 0 Å². The first kappa shape index (κ1) is 13.8. The van der Waals surface area contributed by atoms with E-state index in [1.165, 1.54) is 5.56 Å². The molecule has 0 aromatic heterocycles. The fourth-order valence-electron chi connectivity index (χ4n) is 1.71. The van der Waals surface area contributed by atoms with Crippen molar-refractivity contribution in [3.63, 3.8) is 0 Å². The third-order valence-corrected chi connectivity index (χ3v) is 8.63. The molecule has 1 aromatic rings. The lowest BCUT2D eigenvalue weighted by atomic mass is 10.1. The zero-order chi connectivity index (χ0) is 13.4. The van der Waals surface area contributed by atoms with E-state index < -0.39 is 8.32 Å². The molecule has 1 aromatic carbocycles. The summed E-state index contributed by atoms with van der Waals surface area (Å²) in [5.74, 6) is 0. The monoisotopic (exact) mass is 264 g/mol. The van der Waals surface area contributed by atoms with Crippen LogP contribution in [0.5, 0.6) is 0 Å². The Morgan fingerprint density at radius 2 is 1.78 bits per heavy atom. The molecule has 0 unspecified atom stereocenters. The number of hydrogen-bond acceptors (Lipinski definition) is 2. The van der Waals surface area contributed by atoms with Gasteiger partial charge in [-0.2, -0.15) is 0 Å². The van der Waals surface area contributed by atoms with Crippen molar-refractivity contribution >= 4 is 8.32 Å². The molecule has 2 nitrogen and oxygen atoms in total.